The summed E-state index contributed by atoms with van der Waals surface area (Å²) in [6.45, 7) is 0. The number of rotatable bonds is 3. The summed E-state index contributed by atoms with van der Waals surface area (Å²) < 4.78 is 1.34. The van der Waals surface area contributed by atoms with Crippen LogP contribution in [0.15, 0.2) is 49.1 Å². The average molecular weight is 349 g/mol. The van der Waals surface area contributed by atoms with Crippen LogP contribution in [0.2, 0.25) is 0 Å². The maximum absolute atomic E-state index is 12.8. The van der Waals surface area contributed by atoms with Crippen LogP contribution in [0.4, 0.5) is 5.69 Å². The highest BCUT2D eigenvalue weighted by atomic mass is 16.2. The summed E-state index contributed by atoms with van der Waals surface area (Å²) in [6, 6.07) is 6.45. The van der Waals surface area contributed by atoms with E-state index in [9.17, 15) is 14.4 Å². The molecule has 2 aliphatic carbocycles. The predicted octanol–water partition coefficient (Wildman–Crippen LogP) is 0.973. The Kier molecular flexibility index (Phi) is 3.09. The van der Waals surface area contributed by atoms with Crippen LogP contribution in [-0.4, -0.2) is 32.6 Å². The summed E-state index contributed by atoms with van der Waals surface area (Å²) in [5.74, 6) is -0.685. The molecule has 2 fully saturated rings. The number of aromatic nitrogens is 3. The number of hydrogen-bond acceptors (Lipinski definition) is 5. The normalized spacial score (nSPS) is 28.7. The molecule has 0 radical (unpaired) electrons. The number of allylic oxidation sites excluding steroid dienone is 2. The van der Waals surface area contributed by atoms with E-state index in [1.165, 1.54) is 22.2 Å². The van der Waals surface area contributed by atoms with E-state index in [2.05, 4.69) is 27.8 Å². The van der Waals surface area contributed by atoms with Gasteiger partial charge in [0.05, 0.1) is 17.5 Å². The van der Waals surface area contributed by atoms with E-state index in [0.717, 1.165) is 6.42 Å². The molecule has 130 valence electrons. The van der Waals surface area contributed by atoms with Gasteiger partial charge in [-0.3, -0.25) is 24.7 Å². The molecular weight excluding hydrogens is 334 g/mol. The lowest BCUT2D eigenvalue weighted by Gasteiger charge is -2.17. The van der Waals surface area contributed by atoms with Gasteiger partial charge >= 0.3 is 0 Å². The topological polar surface area (TPSA) is 97.2 Å². The highest BCUT2D eigenvalue weighted by Crippen LogP contribution is 2.53. The number of imide groups is 1. The van der Waals surface area contributed by atoms with Crippen molar-refractivity contribution in [3.8, 4) is 0 Å². The largest absolute Gasteiger partial charge is 0.274 e. The van der Waals surface area contributed by atoms with Gasteiger partial charge in [0.15, 0.2) is 0 Å². The van der Waals surface area contributed by atoms with E-state index in [1.807, 2.05) is 0 Å². The average Bonchev–Trinajstić information content (AvgIpc) is 3.41. The molecule has 0 spiro atoms. The van der Waals surface area contributed by atoms with Crippen LogP contribution in [0.1, 0.15) is 16.8 Å². The van der Waals surface area contributed by atoms with Crippen LogP contribution in [0, 0.1) is 23.7 Å². The Balaban J connectivity index is 1.37. The third kappa shape index (κ3) is 2.05. The Labute approximate surface area is 148 Å². The van der Waals surface area contributed by atoms with Crippen molar-refractivity contribution in [3.05, 3.63) is 54.6 Å². The van der Waals surface area contributed by atoms with Crippen molar-refractivity contribution in [2.24, 2.45) is 23.7 Å². The molecule has 4 atom stereocenters. The Morgan fingerprint density at radius 3 is 2.12 bits per heavy atom. The lowest BCUT2D eigenvalue weighted by atomic mass is 9.85. The minimum Gasteiger partial charge on any atom is -0.274 e. The molecule has 1 aliphatic heterocycles. The number of benzene rings is 1. The second-order valence-corrected chi connectivity index (χ2v) is 6.87. The molecule has 3 aliphatic rings. The molecule has 5 rings (SSSR count). The number of hydrogen-bond donors (Lipinski definition) is 1. The zero-order chi connectivity index (χ0) is 17.8. The third-order valence-electron chi connectivity index (χ3n) is 5.51. The van der Waals surface area contributed by atoms with Crippen molar-refractivity contribution < 1.29 is 14.4 Å². The molecule has 0 unspecified atom stereocenters. The van der Waals surface area contributed by atoms with Crippen molar-refractivity contribution in [2.75, 3.05) is 10.3 Å². The number of amides is 3. The second-order valence-electron chi connectivity index (χ2n) is 6.87. The van der Waals surface area contributed by atoms with Crippen LogP contribution in [0.5, 0.6) is 0 Å². The summed E-state index contributed by atoms with van der Waals surface area (Å²) in [5.41, 5.74) is 3.51. The fraction of sp³-hybridized carbons (Fsp3) is 0.278. The van der Waals surface area contributed by atoms with Gasteiger partial charge in [-0.25, -0.2) is 4.68 Å². The lowest BCUT2D eigenvalue weighted by Crippen LogP contribution is -2.32. The Bertz CT molecular complexity index is 904. The van der Waals surface area contributed by atoms with Crippen LogP contribution in [0.3, 0.4) is 0 Å². The quantitative estimate of drug-likeness (QED) is 0.658. The first kappa shape index (κ1) is 15.0. The molecule has 2 heterocycles. The Morgan fingerprint density at radius 1 is 0.962 bits per heavy atom. The van der Waals surface area contributed by atoms with Crippen LogP contribution >= 0.6 is 0 Å². The van der Waals surface area contributed by atoms with Crippen molar-refractivity contribution >= 4 is 23.4 Å². The van der Waals surface area contributed by atoms with Gasteiger partial charge in [0, 0.05) is 5.56 Å². The highest BCUT2D eigenvalue weighted by Gasteiger charge is 2.59. The molecule has 8 nitrogen and oxygen atoms in total. The molecule has 2 aromatic rings. The third-order valence-corrected chi connectivity index (χ3v) is 5.51. The van der Waals surface area contributed by atoms with Gasteiger partial charge < -0.3 is 0 Å². The number of nitrogens with one attached hydrogen (secondary N) is 1. The highest BCUT2D eigenvalue weighted by molar-refractivity contribution is 6.22. The number of fused-ring (bicyclic) bond motifs is 5. The molecular formula is C18H15N5O3. The number of carbonyl (C=O) groups is 3. The van der Waals surface area contributed by atoms with Gasteiger partial charge in [0.2, 0.25) is 11.8 Å². The smallest absolute Gasteiger partial charge is 0.270 e. The van der Waals surface area contributed by atoms with Crippen LogP contribution in [-0.2, 0) is 9.59 Å². The monoisotopic (exact) mass is 349 g/mol. The maximum Gasteiger partial charge on any atom is 0.270 e. The number of anilines is 1. The minimum atomic E-state index is -0.338. The molecule has 2 bridgehead atoms. The lowest BCUT2D eigenvalue weighted by molar-refractivity contribution is -0.123. The first-order chi connectivity index (χ1) is 12.6. The van der Waals surface area contributed by atoms with Crippen molar-refractivity contribution in [1.82, 2.24) is 14.9 Å². The SMILES string of the molecule is O=C(Nn1cnnc1)c1ccc(N2C(=O)[C@H]3[C@H](C2=O)[C@@H]2C=C[C@@H]3C2)cc1. The van der Waals surface area contributed by atoms with Gasteiger partial charge in [-0.15, -0.1) is 10.2 Å². The van der Waals surface area contributed by atoms with Crippen LogP contribution < -0.4 is 10.3 Å². The fourth-order valence-corrected chi connectivity index (χ4v) is 4.36. The van der Waals surface area contributed by atoms with Gasteiger partial charge in [-0.05, 0) is 42.5 Å². The standard InChI is InChI=1S/C18H15N5O3/c24-16(21-22-8-19-20-9-22)10-3-5-13(6-4-10)23-17(25)14-11-1-2-12(7-11)15(14)18(23)26/h1-6,8-9,11-12,14-15H,7H2,(H,21,24)/t11-,12-,14-,15-/m1/s1. The molecule has 1 aromatic carbocycles. The Hall–Kier alpha value is -3.29. The molecule has 8 heteroatoms. The molecule has 3 amide bonds. The zero-order valence-electron chi connectivity index (χ0n) is 13.6. The van der Waals surface area contributed by atoms with Crippen molar-refractivity contribution in [2.45, 2.75) is 6.42 Å². The molecule has 1 saturated carbocycles. The van der Waals surface area contributed by atoms with E-state index in [0.29, 0.717) is 11.3 Å². The molecule has 26 heavy (non-hydrogen) atoms. The molecule has 1 N–H and O–H groups in total. The van der Waals surface area contributed by atoms with Gasteiger partial charge in [-0.1, -0.05) is 12.2 Å². The summed E-state index contributed by atoms with van der Waals surface area (Å²) in [4.78, 5) is 39.1. The van der Waals surface area contributed by atoms with E-state index < -0.39 is 0 Å². The number of carbonyl (C=O) groups excluding carboxylic acids is 3. The van der Waals surface area contributed by atoms with Gasteiger partial charge in [0.25, 0.3) is 5.91 Å². The van der Waals surface area contributed by atoms with Crippen LogP contribution in [0.25, 0.3) is 0 Å². The summed E-state index contributed by atoms with van der Waals surface area (Å²) in [7, 11) is 0. The summed E-state index contributed by atoms with van der Waals surface area (Å²) in [5, 5.41) is 7.22. The first-order valence-electron chi connectivity index (χ1n) is 8.45. The molecule has 1 saturated heterocycles. The van der Waals surface area contributed by atoms with Gasteiger partial charge in [-0.2, -0.15) is 0 Å². The summed E-state index contributed by atoms with van der Waals surface area (Å²) in [6.07, 6.45) is 7.78. The van der Waals surface area contributed by atoms with E-state index in [1.54, 1.807) is 24.3 Å². The Morgan fingerprint density at radius 2 is 1.54 bits per heavy atom. The summed E-state index contributed by atoms with van der Waals surface area (Å²) >= 11 is 0. The van der Waals surface area contributed by atoms with E-state index >= 15 is 0 Å². The van der Waals surface area contributed by atoms with Crippen molar-refractivity contribution in [3.63, 3.8) is 0 Å². The minimum absolute atomic E-state index is 0.126. The number of nitrogens with zero attached hydrogens (tertiary/aromatic N) is 4. The van der Waals surface area contributed by atoms with E-state index in [-0.39, 0.29) is 41.4 Å². The van der Waals surface area contributed by atoms with Gasteiger partial charge in [0.1, 0.15) is 12.7 Å². The van der Waals surface area contributed by atoms with E-state index in [4.69, 9.17) is 0 Å². The fourth-order valence-electron chi connectivity index (χ4n) is 4.36. The second kappa shape index (κ2) is 5.35. The predicted molar refractivity (Wildman–Crippen MR) is 90.4 cm³/mol. The zero-order valence-corrected chi connectivity index (χ0v) is 13.6. The maximum atomic E-state index is 12.8. The van der Waals surface area contributed by atoms with Crippen molar-refractivity contribution in [1.29, 1.82) is 0 Å². The first-order valence-corrected chi connectivity index (χ1v) is 8.45. The molecule has 1 aromatic heterocycles.